The second kappa shape index (κ2) is 20.0. The Morgan fingerprint density at radius 3 is 2.37 bits per heavy atom. The zero-order chi connectivity index (χ0) is 51.5. The van der Waals surface area contributed by atoms with Crippen molar-refractivity contribution in [3.05, 3.63) is 134 Å². The van der Waals surface area contributed by atoms with Gasteiger partial charge in [-0.15, -0.1) is 32.9 Å². The Morgan fingerprint density at radius 1 is 0.918 bits per heavy atom. The van der Waals surface area contributed by atoms with E-state index in [0.29, 0.717) is 42.5 Å². The molecule has 0 spiro atoms. The number of amides is 3. The van der Waals surface area contributed by atoms with Crippen LogP contribution in [0.5, 0.6) is 5.88 Å². The molecule has 10 rings (SSSR count). The first-order chi connectivity index (χ1) is 34.9. The predicted octanol–water partition coefficient (Wildman–Crippen LogP) is 10.3. The smallest absolute Gasteiger partial charge is 0.248 e. The summed E-state index contributed by atoms with van der Waals surface area (Å²) in [5, 5.41) is 21.8. The summed E-state index contributed by atoms with van der Waals surface area (Å²) in [6, 6.07) is 17.5. The van der Waals surface area contributed by atoms with Gasteiger partial charge >= 0.3 is 0 Å². The van der Waals surface area contributed by atoms with E-state index in [1.165, 1.54) is 4.88 Å². The summed E-state index contributed by atoms with van der Waals surface area (Å²) in [7, 11) is 0. The largest absolute Gasteiger partial charge is 0.474 e. The Bertz CT molecular complexity index is 3240. The van der Waals surface area contributed by atoms with Gasteiger partial charge in [0.2, 0.25) is 23.6 Å². The maximum Gasteiger partial charge on any atom is 0.248 e. The lowest BCUT2D eigenvalue weighted by Gasteiger charge is -2.35. The topological polar surface area (TPSA) is 174 Å². The number of aliphatic imine (C=N–C) groups is 1. The molecule has 1 saturated carbocycles. The lowest BCUT2D eigenvalue weighted by atomic mass is 9.85. The van der Waals surface area contributed by atoms with Crippen LogP contribution in [0.15, 0.2) is 89.8 Å². The molecule has 73 heavy (non-hydrogen) atoms. The molecule has 3 aliphatic rings. The number of benzene rings is 2. The third kappa shape index (κ3) is 10.1. The minimum atomic E-state index is -0.675. The van der Waals surface area contributed by atoms with E-state index >= 15 is 0 Å². The molecule has 7 heterocycles. The zero-order valence-corrected chi connectivity index (χ0v) is 44.9. The van der Waals surface area contributed by atoms with Gasteiger partial charge in [-0.05, 0) is 92.8 Å². The highest BCUT2D eigenvalue weighted by Gasteiger charge is 2.45. The quantitative estimate of drug-likeness (QED) is 0.114. The van der Waals surface area contributed by atoms with Gasteiger partial charge in [0.15, 0.2) is 5.82 Å². The molecule has 15 nitrogen and oxygen atoms in total. The SMILES string of the molecule is Cc1ncsc1-c1ccc([C@H](C)NC(=O)[C@@H]2C[C@@H](C)CN2C(=O)[C@@H](n2cc(-c3ccnc(O[C@H]4C[C@@H](NC(=O)C[C@@H]5N=C(c6ccc(Cl)cc6)c6c(sc(C)c6C)-n6c(C)nnc65)C4)c3)cn2)C(C)(C)C)cc1. The fraction of sp³-hybridized carbons (Fsp3) is 0.400. The molecule has 1 saturated heterocycles. The number of halogens is 1. The first-order valence-electron chi connectivity index (χ1n) is 24.8. The van der Waals surface area contributed by atoms with Crippen molar-refractivity contribution in [2.75, 3.05) is 6.54 Å². The van der Waals surface area contributed by atoms with Crippen molar-refractivity contribution in [1.29, 1.82) is 0 Å². The number of ether oxygens (including phenoxy) is 1. The summed E-state index contributed by atoms with van der Waals surface area (Å²) in [5.74, 6) is 1.54. The van der Waals surface area contributed by atoms with Gasteiger partial charge in [0, 0.05) is 70.5 Å². The number of thiophene rings is 1. The zero-order valence-electron chi connectivity index (χ0n) is 42.5. The van der Waals surface area contributed by atoms with Gasteiger partial charge in [-0.1, -0.05) is 75.7 Å². The fourth-order valence-corrected chi connectivity index (χ4v) is 12.4. The molecule has 2 aliphatic heterocycles. The van der Waals surface area contributed by atoms with E-state index in [9.17, 15) is 14.4 Å². The second-order valence-corrected chi connectivity index (χ2v) is 23.4. The molecule has 18 heteroatoms. The number of hydrogen-bond acceptors (Lipinski definition) is 12. The third-order valence-electron chi connectivity index (χ3n) is 14.3. The van der Waals surface area contributed by atoms with Crippen molar-refractivity contribution in [2.45, 2.75) is 124 Å². The first kappa shape index (κ1) is 50.0. The van der Waals surface area contributed by atoms with Crippen LogP contribution in [0.4, 0.5) is 0 Å². The monoisotopic (exact) mass is 1040 g/mol. The van der Waals surface area contributed by atoms with E-state index in [4.69, 9.17) is 26.4 Å². The average Bonchev–Trinajstić information content (AvgIpc) is 4.19. The van der Waals surface area contributed by atoms with Crippen LogP contribution in [-0.4, -0.2) is 87.6 Å². The van der Waals surface area contributed by atoms with E-state index in [2.05, 4.69) is 63.7 Å². The Morgan fingerprint density at radius 2 is 1.66 bits per heavy atom. The van der Waals surface area contributed by atoms with Gasteiger partial charge in [-0.2, -0.15) is 5.10 Å². The van der Waals surface area contributed by atoms with Crippen molar-refractivity contribution in [1.82, 2.24) is 50.0 Å². The molecule has 2 fully saturated rings. The number of pyridine rings is 1. The molecule has 0 radical (unpaired) electrons. The van der Waals surface area contributed by atoms with Crippen LogP contribution in [0.25, 0.3) is 26.6 Å². The molecule has 2 aromatic carbocycles. The standard InChI is InChI=1S/C55H60ClN11O4S2/c1-29-20-44(52(69)60-31(3)35-10-12-37(13-11-35)49-32(4)58-28-72-49)65(26-29)53(70)50(55(7,8)9)66-27-39(25-59-66)38-18-19-57-46(21-38)71-42-22-41(23-42)61-45(68)24-43-51-64-63-34(6)67(51)54-47(30(2)33(5)73-54)48(62-43)36-14-16-40(56)17-15-36/h10-19,21,25,27-29,31,41-44,50H,20,22-24,26H2,1-9H3,(H,60,69)(H,61,68)/t29-,31+,41-,42+,43+,44+,50-/m1/s1. The fourth-order valence-electron chi connectivity index (χ4n) is 10.3. The van der Waals surface area contributed by atoms with Crippen LogP contribution in [0.2, 0.25) is 5.02 Å². The highest BCUT2D eigenvalue weighted by molar-refractivity contribution is 7.15. The number of rotatable bonds is 13. The number of nitrogens with zero attached hydrogens (tertiary/aromatic N) is 9. The van der Waals surface area contributed by atoms with Crippen molar-refractivity contribution in [3.8, 4) is 32.4 Å². The minimum absolute atomic E-state index is 0.0772. The molecule has 7 aromatic rings. The summed E-state index contributed by atoms with van der Waals surface area (Å²) in [6.45, 7) is 18.7. The molecule has 1 aliphatic carbocycles. The number of aromatic nitrogens is 7. The summed E-state index contributed by atoms with van der Waals surface area (Å²) in [5.41, 5.74) is 9.89. The first-order valence-corrected chi connectivity index (χ1v) is 26.9. The molecule has 0 bridgehead atoms. The highest BCUT2D eigenvalue weighted by atomic mass is 35.5. The van der Waals surface area contributed by atoms with Crippen molar-refractivity contribution >= 4 is 57.7 Å². The minimum Gasteiger partial charge on any atom is -0.474 e. The molecule has 5 aromatic heterocycles. The Balaban J connectivity index is 0.772. The summed E-state index contributed by atoms with van der Waals surface area (Å²) < 4.78 is 10.1. The number of aryl methyl sites for hydroxylation is 3. The Labute approximate surface area is 438 Å². The van der Waals surface area contributed by atoms with E-state index in [1.54, 1.807) is 44.6 Å². The normalized spacial score (nSPS) is 20.3. The van der Waals surface area contributed by atoms with Gasteiger partial charge in [0.1, 0.15) is 35.1 Å². The Hall–Kier alpha value is -6.56. The third-order valence-corrected chi connectivity index (χ3v) is 16.8. The van der Waals surface area contributed by atoms with Crippen molar-refractivity contribution in [2.24, 2.45) is 16.3 Å². The lowest BCUT2D eigenvalue weighted by molar-refractivity contribution is -0.144. The number of thiazole rings is 1. The van der Waals surface area contributed by atoms with E-state index in [0.717, 1.165) is 66.1 Å². The number of hydrogen-bond donors (Lipinski definition) is 2. The average molecular weight is 1040 g/mol. The maximum atomic E-state index is 14.7. The van der Waals surface area contributed by atoms with Crippen molar-refractivity contribution in [3.63, 3.8) is 0 Å². The van der Waals surface area contributed by atoms with Gasteiger partial charge in [0.05, 0.1) is 40.5 Å². The number of likely N-dealkylation sites (tertiary alicyclic amines) is 1. The van der Waals surface area contributed by atoms with Gasteiger partial charge < -0.3 is 20.3 Å². The van der Waals surface area contributed by atoms with Gasteiger partial charge in [-0.3, -0.25) is 28.6 Å². The van der Waals surface area contributed by atoms with Crippen LogP contribution >= 0.6 is 34.3 Å². The Kier molecular flexibility index (Phi) is 13.7. The highest BCUT2D eigenvalue weighted by Crippen LogP contribution is 2.41. The lowest BCUT2D eigenvalue weighted by Crippen LogP contribution is -2.50. The van der Waals surface area contributed by atoms with Crippen LogP contribution < -0.4 is 15.4 Å². The van der Waals surface area contributed by atoms with E-state index in [-0.39, 0.29) is 48.2 Å². The molecular formula is C55H60ClN11O4S2. The number of carbonyl (C=O) groups excluding carboxylic acids is 3. The summed E-state index contributed by atoms with van der Waals surface area (Å²) >= 11 is 9.58. The number of fused-ring (bicyclic) bond motifs is 3. The second-order valence-electron chi connectivity index (χ2n) is 20.9. The van der Waals surface area contributed by atoms with Crippen LogP contribution in [0, 0.1) is 39.0 Å². The molecule has 378 valence electrons. The summed E-state index contributed by atoms with van der Waals surface area (Å²) in [6.07, 6.45) is 7.11. The van der Waals surface area contributed by atoms with E-state index < -0.39 is 23.5 Å². The number of nitrogens with one attached hydrogen (secondary N) is 2. The number of carbonyl (C=O) groups is 3. The van der Waals surface area contributed by atoms with E-state index in [1.807, 2.05) is 106 Å². The van der Waals surface area contributed by atoms with Crippen LogP contribution in [0.1, 0.15) is 123 Å². The molecule has 5 atom stereocenters. The van der Waals surface area contributed by atoms with Crippen LogP contribution in [-0.2, 0) is 14.4 Å². The predicted molar refractivity (Wildman–Crippen MR) is 286 cm³/mol. The van der Waals surface area contributed by atoms with Gasteiger partial charge in [-0.25, -0.2) is 9.97 Å². The molecule has 3 amide bonds. The molecule has 0 unspecified atom stereocenters. The van der Waals surface area contributed by atoms with Crippen molar-refractivity contribution < 1.29 is 19.1 Å². The maximum absolute atomic E-state index is 14.7. The summed E-state index contributed by atoms with van der Waals surface area (Å²) in [4.78, 5) is 60.8. The van der Waals surface area contributed by atoms with Crippen LogP contribution in [0.3, 0.4) is 0 Å². The molecular weight excluding hydrogens is 978 g/mol. The molecule has 2 N–H and O–H groups in total. The van der Waals surface area contributed by atoms with Gasteiger partial charge in [0.25, 0.3) is 0 Å².